The molecule has 0 spiro atoms. The minimum atomic E-state index is -0.0933. The van der Waals surface area contributed by atoms with Crippen LogP contribution in [0, 0.1) is 0 Å². The largest absolute Gasteiger partial charge is 0.381 e. The fraction of sp³-hybridized carbons (Fsp3) is 0.533. The van der Waals surface area contributed by atoms with Gasteiger partial charge in [0, 0.05) is 29.3 Å². The van der Waals surface area contributed by atoms with Crippen LogP contribution in [0.4, 0.5) is 0 Å². The highest BCUT2D eigenvalue weighted by Crippen LogP contribution is 2.18. The maximum atomic E-state index is 12.5. The molecule has 3 nitrogen and oxygen atoms in total. The number of benzene rings is 1. The molecule has 0 amide bonds. The Morgan fingerprint density at radius 1 is 1.32 bits per heavy atom. The van der Waals surface area contributed by atoms with Gasteiger partial charge in [0.05, 0.1) is 6.04 Å². The standard InChI is InChI=1S/C15H20BrNO2/c1-11(17(2)14-7-9-19-10-8-14)15(18)12-3-5-13(16)6-4-12/h3-6,11,14H,7-10H2,1-2H3. The third-order valence-corrected chi connectivity index (χ3v) is 4.41. The molecule has 1 unspecified atom stereocenters. The average Bonchev–Trinajstić information content (AvgIpc) is 2.46. The summed E-state index contributed by atoms with van der Waals surface area (Å²) in [6.07, 6.45) is 2.02. The van der Waals surface area contributed by atoms with E-state index in [-0.39, 0.29) is 11.8 Å². The lowest BCUT2D eigenvalue weighted by molar-refractivity contribution is 0.0301. The van der Waals surface area contributed by atoms with E-state index < -0.39 is 0 Å². The number of ketones is 1. The first kappa shape index (κ1) is 14.7. The summed E-state index contributed by atoms with van der Waals surface area (Å²) < 4.78 is 6.37. The Morgan fingerprint density at radius 2 is 1.89 bits per heavy atom. The lowest BCUT2D eigenvalue weighted by atomic mass is 10.0. The normalized spacial score (nSPS) is 18.5. The molecule has 0 aliphatic carbocycles. The Labute approximate surface area is 123 Å². The lowest BCUT2D eigenvalue weighted by Gasteiger charge is -2.34. The number of rotatable bonds is 4. The Balaban J connectivity index is 2.03. The van der Waals surface area contributed by atoms with Crippen LogP contribution >= 0.6 is 15.9 Å². The SMILES string of the molecule is CC(C(=O)c1ccc(Br)cc1)N(C)C1CCOCC1. The zero-order valence-corrected chi connectivity index (χ0v) is 13.0. The van der Waals surface area contributed by atoms with Crippen molar-refractivity contribution in [3.8, 4) is 0 Å². The topological polar surface area (TPSA) is 29.5 Å². The summed E-state index contributed by atoms with van der Waals surface area (Å²) in [7, 11) is 2.04. The molecule has 0 saturated carbocycles. The number of hydrogen-bond acceptors (Lipinski definition) is 3. The maximum absolute atomic E-state index is 12.5. The number of Topliss-reactive ketones (excluding diaryl/α,β-unsaturated/α-hetero) is 1. The van der Waals surface area contributed by atoms with Gasteiger partial charge in [0.25, 0.3) is 0 Å². The first-order chi connectivity index (χ1) is 9.09. The van der Waals surface area contributed by atoms with Gasteiger partial charge in [0.15, 0.2) is 5.78 Å². The van der Waals surface area contributed by atoms with Crippen molar-refractivity contribution in [2.24, 2.45) is 0 Å². The van der Waals surface area contributed by atoms with Gasteiger partial charge in [-0.3, -0.25) is 9.69 Å². The van der Waals surface area contributed by atoms with E-state index in [0.717, 1.165) is 36.1 Å². The van der Waals surface area contributed by atoms with Crippen LogP contribution in [0.3, 0.4) is 0 Å². The van der Waals surface area contributed by atoms with Gasteiger partial charge < -0.3 is 4.74 Å². The molecule has 1 atom stereocenters. The number of nitrogens with zero attached hydrogens (tertiary/aromatic N) is 1. The number of halogens is 1. The molecular formula is C15H20BrNO2. The molecule has 0 bridgehead atoms. The number of likely N-dealkylation sites (N-methyl/N-ethyl adjacent to an activating group) is 1. The summed E-state index contributed by atoms with van der Waals surface area (Å²) in [6.45, 7) is 3.59. The number of carbonyl (C=O) groups excluding carboxylic acids is 1. The number of carbonyl (C=O) groups is 1. The molecular weight excluding hydrogens is 306 g/mol. The van der Waals surface area contributed by atoms with E-state index in [1.54, 1.807) is 0 Å². The zero-order chi connectivity index (χ0) is 13.8. The molecule has 19 heavy (non-hydrogen) atoms. The molecule has 1 heterocycles. The molecule has 1 aromatic carbocycles. The highest BCUT2D eigenvalue weighted by molar-refractivity contribution is 9.10. The van der Waals surface area contributed by atoms with Crippen molar-refractivity contribution in [2.45, 2.75) is 31.8 Å². The van der Waals surface area contributed by atoms with E-state index in [1.165, 1.54) is 0 Å². The van der Waals surface area contributed by atoms with Gasteiger partial charge in [-0.2, -0.15) is 0 Å². The Morgan fingerprint density at radius 3 is 2.47 bits per heavy atom. The van der Waals surface area contributed by atoms with Gasteiger partial charge in [-0.15, -0.1) is 0 Å². The first-order valence-electron chi connectivity index (χ1n) is 6.69. The third kappa shape index (κ3) is 3.65. The van der Waals surface area contributed by atoms with Crippen LogP contribution in [-0.2, 0) is 4.74 Å². The second-order valence-corrected chi connectivity index (χ2v) is 5.97. The van der Waals surface area contributed by atoms with E-state index in [1.807, 2.05) is 38.2 Å². The Bertz CT molecular complexity index is 426. The quantitative estimate of drug-likeness (QED) is 0.796. The van der Waals surface area contributed by atoms with Crippen LogP contribution < -0.4 is 0 Å². The summed E-state index contributed by atoms with van der Waals surface area (Å²) in [4.78, 5) is 14.6. The van der Waals surface area contributed by atoms with E-state index in [2.05, 4.69) is 20.8 Å². The van der Waals surface area contributed by atoms with E-state index in [0.29, 0.717) is 6.04 Å². The van der Waals surface area contributed by atoms with E-state index >= 15 is 0 Å². The molecule has 0 radical (unpaired) electrons. The van der Waals surface area contributed by atoms with Gasteiger partial charge in [0.1, 0.15) is 0 Å². The van der Waals surface area contributed by atoms with Crippen LogP contribution in [0.25, 0.3) is 0 Å². The fourth-order valence-electron chi connectivity index (χ4n) is 2.45. The molecule has 1 saturated heterocycles. The van der Waals surface area contributed by atoms with Crippen molar-refractivity contribution in [3.63, 3.8) is 0 Å². The minimum absolute atomic E-state index is 0.0933. The van der Waals surface area contributed by atoms with Crippen molar-refractivity contribution < 1.29 is 9.53 Å². The van der Waals surface area contributed by atoms with Crippen LogP contribution in [0.5, 0.6) is 0 Å². The van der Waals surface area contributed by atoms with Crippen LogP contribution in [0.15, 0.2) is 28.7 Å². The summed E-state index contributed by atoms with van der Waals surface area (Å²) in [5, 5.41) is 0. The Hall–Kier alpha value is -0.710. The average molecular weight is 326 g/mol. The highest BCUT2D eigenvalue weighted by Gasteiger charge is 2.26. The lowest BCUT2D eigenvalue weighted by Crippen LogP contribution is -2.45. The van der Waals surface area contributed by atoms with E-state index in [9.17, 15) is 4.79 Å². The second kappa shape index (κ2) is 6.64. The molecule has 4 heteroatoms. The van der Waals surface area contributed by atoms with E-state index in [4.69, 9.17) is 4.74 Å². The van der Waals surface area contributed by atoms with Gasteiger partial charge in [-0.25, -0.2) is 0 Å². The monoisotopic (exact) mass is 325 g/mol. The summed E-state index contributed by atoms with van der Waals surface area (Å²) >= 11 is 3.39. The Kier molecular flexibility index (Phi) is 5.13. The van der Waals surface area contributed by atoms with Crippen molar-refractivity contribution in [1.82, 2.24) is 4.90 Å². The van der Waals surface area contributed by atoms with Crippen LogP contribution in [-0.4, -0.2) is 43.0 Å². The molecule has 104 valence electrons. The molecule has 0 N–H and O–H groups in total. The van der Waals surface area contributed by atoms with Gasteiger partial charge in [-0.05, 0) is 38.9 Å². The molecule has 1 aliphatic rings. The number of hydrogen-bond donors (Lipinski definition) is 0. The molecule has 1 fully saturated rings. The van der Waals surface area contributed by atoms with Gasteiger partial charge in [-0.1, -0.05) is 28.1 Å². The molecule has 0 aromatic heterocycles. The summed E-state index contributed by atoms with van der Waals surface area (Å²) in [6, 6.07) is 7.93. The third-order valence-electron chi connectivity index (χ3n) is 3.89. The summed E-state index contributed by atoms with van der Waals surface area (Å²) in [5.74, 6) is 0.182. The predicted molar refractivity (Wildman–Crippen MR) is 79.5 cm³/mol. The smallest absolute Gasteiger partial charge is 0.179 e. The van der Waals surface area contributed by atoms with Crippen LogP contribution in [0.2, 0.25) is 0 Å². The molecule has 2 rings (SSSR count). The molecule has 1 aromatic rings. The first-order valence-corrected chi connectivity index (χ1v) is 7.48. The number of ether oxygens (including phenoxy) is 1. The zero-order valence-electron chi connectivity index (χ0n) is 11.4. The molecule has 1 aliphatic heterocycles. The minimum Gasteiger partial charge on any atom is -0.381 e. The van der Waals surface area contributed by atoms with Crippen molar-refractivity contribution in [2.75, 3.05) is 20.3 Å². The van der Waals surface area contributed by atoms with Crippen molar-refractivity contribution >= 4 is 21.7 Å². The highest BCUT2D eigenvalue weighted by atomic mass is 79.9. The van der Waals surface area contributed by atoms with Crippen molar-refractivity contribution in [1.29, 1.82) is 0 Å². The predicted octanol–water partition coefficient (Wildman–Crippen LogP) is 3.13. The second-order valence-electron chi connectivity index (χ2n) is 5.06. The summed E-state index contributed by atoms with van der Waals surface area (Å²) in [5.41, 5.74) is 0.773. The van der Waals surface area contributed by atoms with Gasteiger partial charge >= 0.3 is 0 Å². The maximum Gasteiger partial charge on any atom is 0.179 e. The van der Waals surface area contributed by atoms with Crippen molar-refractivity contribution in [3.05, 3.63) is 34.3 Å². The van der Waals surface area contributed by atoms with Gasteiger partial charge in [0.2, 0.25) is 0 Å². The fourth-order valence-corrected chi connectivity index (χ4v) is 2.71. The van der Waals surface area contributed by atoms with Crippen LogP contribution in [0.1, 0.15) is 30.1 Å².